The number of aromatic nitrogens is 1. The van der Waals surface area contributed by atoms with E-state index in [0.29, 0.717) is 0 Å². The first-order chi connectivity index (χ1) is 8.77. The van der Waals surface area contributed by atoms with Crippen LogP contribution in [0.5, 0.6) is 0 Å². The van der Waals surface area contributed by atoms with E-state index in [9.17, 15) is 0 Å². The highest BCUT2D eigenvalue weighted by molar-refractivity contribution is 6.00. The Bertz CT molecular complexity index is 628. The molecule has 18 heavy (non-hydrogen) atoms. The summed E-state index contributed by atoms with van der Waals surface area (Å²) < 4.78 is 0. The molecule has 0 bridgehead atoms. The maximum atomic E-state index is 4.11. The topological polar surface area (TPSA) is 15.8 Å². The number of benzene rings is 1. The van der Waals surface area contributed by atoms with Gasteiger partial charge in [0.2, 0.25) is 0 Å². The lowest BCUT2D eigenvalue weighted by Crippen LogP contribution is -1.92. The average Bonchev–Trinajstić information content (AvgIpc) is 2.83. The van der Waals surface area contributed by atoms with Crippen molar-refractivity contribution in [3.8, 4) is 0 Å². The summed E-state index contributed by atoms with van der Waals surface area (Å²) in [4.78, 5) is 3.40. The highest BCUT2D eigenvalue weighted by Gasteiger charge is 2.13. The minimum Gasteiger partial charge on any atom is -0.361 e. The Hall–Kier alpha value is -1.76. The molecule has 0 aliphatic heterocycles. The molecule has 1 aliphatic carbocycles. The summed E-state index contributed by atoms with van der Waals surface area (Å²) in [5.74, 6) is 0. The number of nitrogens with one attached hydrogen (secondary N) is 1. The van der Waals surface area contributed by atoms with E-state index in [4.69, 9.17) is 0 Å². The molecule has 1 aromatic heterocycles. The van der Waals surface area contributed by atoms with Crippen molar-refractivity contribution >= 4 is 22.0 Å². The van der Waals surface area contributed by atoms with Gasteiger partial charge in [0.05, 0.1) is 0 Å². The number of H-pyrrole nitrogens is 1. The van der Waals surface area contributed by atoms with Gasteiger partial charge in [-0.3, -0.25) is 0 Å². The summed E-state index contributed by atoms with van der Waals surface area (Å²) in [5.41, 5.74) is 6.51. The van der Waals surface area contributed by atoms with Crippen LogP contribution >= 0.6 is 0 Å². The lowest BCUT2D eigenvalue weighted by molar-refractivity contribution is 0.742. The van der Waals surface area contributed by atoms with Crippen LogP contribution in [-0.4, -0.2) is 4.98 Å². The highest BCUT2D eigenvalue weighted by Crippen LogP contribution is 2.35. The number of hydrogen-bond donors (Lipinski definition) is 1. The number of rotatable bonds is 2. The predicted octanol–water partition coefficient (Wildman–Crippen LogP) is 5.16. The molecule has 0 saturated heterocycles. The Morgan fingerprint density at radius 1 is 1.28 bits per heavy atom. The van der Waals surface area contributed by atoms with Gasteiger partial charge in [-0.1, -0.05) is 30.4 Å². The van der Waals surface area contributed by atoms with Crippen molar-refractivity contribution in [2.75, 3.05) is 0 Å². The quantitative estimate of drug-likeness (QED) is 0.742. The molecule has 0 radical (unpaired) electrons. The van der Waals surface area contributed by atoms with E-state index < -0.39 is 0 Å². The summed E-state index contributed by atoms with van der Waals surface area (Å²) in [6.07, 6.45) is 9.64. The van der Waals surface area contributed by atoms with Crippen molar-refractivity contribution in [3.05, 3.63) is 48.2 Å². The Morgan fingerprint density at radius 2 is 2.17 bits per heavy atom. The smallest absolute Gasteiger partial charge is 0.0466 e. The van der Waals surface area contributed by atoms with E-state index in [1.54, 1.807) is 0 Å². The predicted molar refractivity (Wildman–Crippen MR) is 79.5 cm³/mol. The van der Waals surface area contributed by atoms with Gasteiger partial charge in [-0.2, -0.15) is 0 Å². The Balaban J connectivity index is 2.23. The van der Waals surface area contributed by atoms with Crippen LogP contribution in [0, 0.1) is 0 Å². The van der Waals surface area contributed by atoms with E-state index in [1.807, 2.05) is 0 Å². The summed E-state index contributed by atoms with van der Waals surface area (Å²) in [6, 6.07) is 6.42. The van der Waals surface area contributed by atoms with Crippen LogP contribution in [-0.2, 0) is 0 Å². The molecule has 1 heterocycles. The SMILES string of the molecule is C=C(C)c1cccc2[nH]cc(C3=CCCCC3)c12. The maximum absolute atomic E-state index is 4.11. The fourth-order valence-electron chi connectivity index (χ4n) is 2.88. The van der Waals surface area contributed by atoms with Crippen LogP contribution in [0.15, 0.2) is 37.1 Å². The van der Waals surface area contributed by atoms with Gasteiger partial charge in [-0.05, 0) is 49.8 Å². The van der Waals surface area contributed by atoms with Crippen molar-refractivity contribution in [3.63, 3.8) is 0 Å². The van der Waals surface area contributed by atoms with Gasteiger partial charge in [-0.15, -0.1) is 0 Å². The lowest BCUT2D eigenvalue weighted by Gasteiger charge is -2.13. The summed E-state index contributed by atoms with van der Waals surface area (Å²) in [6.45, 7) is 6.19. The normalized spacial score (nSPS) is 15.7. The zero-order chi connectivity index (χ0) is 12.5. The van der Waals surface area contributed by atoms with Gasteiger partial charge in [0.1, 0.15) is 0 Å². The first-order valence-corrected chi connectivity index (χ1v) is 6.73. The molecule has 0 unspecified atom stereocenters. The van der Waals surface area contributed by atoms with Crippen LogP contribution in [0.2, 0.25) is 0 Å². The molecule has 2 aromatic rings. The molecular formula is C17H19N. The molecule has 0 saturated carbocycles. The zero-order valence-corrected chi connectivity index (χ0v) is 10.9. The van der Waals surface area contributed by atoms with Gasteiger partial charge in [0.25, 0.3) is 0 Å². The van der Waals surface area contributed by atoms with Gasteiger partial charge >= 0.3 is 0 Å². The molecule has 1 nitrogen and oxygen atoms in total. The van der Waals surface area contributed by atoms with Crippen molar-refractivity contribution in [1.29, 1.82) is 0 Å². The van der Waals surface area contributed by atoms with Gasteiger partial charge < -0.3 is 4.98 Å². The van der Waals surface area contributed by atoms with E-state index in [-0.39, 0.29) is 0 Å². The standard InChI is InChI=1S/C17H19N/c1-12(2)14-9-6-10-16-17(14)15(11-18-16)13-7-4-3-5-8-13/h6-7,9-11,18H,1,3-5,8H2,2H3. The fourth-order valence-corrected chi connectivity index (χ4v) is 2.88. The van der Waals surface area contributed by atoms with Gasteiger partial charge in [0, 0.05) is 22.7 Å². The largest absolute Gasteiger partial charge is 0.361 e. The van der Waals surface area contributed by atoms with Crippen LogP contribution in [0.4, 0.5) is 0 Å². The minimum atomic E-state index is 1.14. The molecule has 0 spiro atoms. The molecule has 1 aromatic carbocycles. The molecule has 0 atom stereocenters. The van der Waals surface area contributed by atoms with Crippen LogP contribution in [0.1, 0.15) is 43.7 Å². The van der Waals surface area contributed by atoms with Crippen LogP contribution < -0.4 is 0 Å². The van der Waals surface area contributed by atoms with Gasteiger partial charge in [-0.25, -0.2) is 0 Å². The molecule has 0 fully saturated rings. The van der Waals surface area contributed by atoms with E-state index in [2.05, 4.69) is 49.0 Å². The minimum absolute atomic E-state index is 1.14. The molecule has 1 heteroatoms. The highest BCUT2D eigenvalue weighted by atomic mass is 14.7. The second kappa shape index (κ2) is 4.49. The van der Waals surface area contributed by atoms with Crippen molar-refractivity contribution in [2.24, 2.45) is 0 Å². The van der Waals surface area contributed by atoms with Crippen LogP contribution in [0.3, 0.4) is 0 Å². The van der Waals surface area contributed by atoms with E-state index in [1.165, 1.54) is 53.3 Å². The Labute approximate surface area is 108 Å². The Kier molecular flexibility index (Phi) is 2.83. The number of fused-ring (bicyclic) bond motifs is 1. The van der Waals surface area contributed by atoms with E-state index >= 15 is 0 Å². The summed E-state index contributed by atoms with van der Waals surface area (Å²) in [5, 5.41) is 1.35. The molecule has 3 rings (SSSR count). The Morgan fingerprint density at radius 3 is 2.89 bits per heavy atom. The summed E-state index contributed by atoms with van der Waals surface area (Å²) in [7, 11) is 0. The molecule has 0 amide bonds. The average molecular weight is 237 g/mol. The third-order valence-corrected chi connectivity index (χ3v) is 3.80. The van der Waals surface area contributed by atoms with E-state index in [0.717, 1.165) is 5.57 Å². The van der Waals surface area contributed by atoms with Crippen molar-refractivity contribution < 1.29 is 0 Å². The molecule has 1 aliphatic rings. The lowest BCUT2D eigenvalue weighted by atomic mass is 9.91. The number of hydrogen-bond acceptors (Lipinski definition) is 0. The molecule has 1 N–H and O–H groups in total. The summed E-state index contributed by atoms with van der Waals surface area (Å²) >= 11 is 0. The fraction of sp³-hybridized carbons (Fsp3) is 0.294. The zero-order valence-electron chi connectivity index (χ0n) is 10.9. The third kappa shape index (κ3) is 1.80. The van der Waals surface area contributed by atoms with Gasteiger partial charge in [0.15, 0.2) is 0 Å². The number of aromatic amines is 1. The molecule has 92 valence electrons. The monoisotopic (exact) mass is 237 g/mol. The van der Waals surface area contributed by atoms with Crippen molar-refractivity contribution in [2.45, 2.75) is 32.6 Å². The first-order valence-electron chi connectivity index (χ1n) is 6.73. The molecular weight excluding hydrogens is 218 g/mol. The van der Waals surface area contributed by atoms with Crippen molar-refractivity contribution in [1.82, 2.24) is 4.98 Å². The second-order valence-electron chi connectivity index (χ2n) is 5.19. The maximum Gasteiger partial charge on any atom is 0.0466 e. The first kappa shape index (κ1) is 11.3. The third-order valence-electron chi connectivity index (χ3n) is 3.80. The van der Waals surface area contributed by atoms with Crippen LogP contribution in [0.25, 0.3) is 22.0 Å². The second-order valence-corrected chi connectivity index (χ2v) is 5.19. The number of allylic oxidation sites excluding steroid dienone is 3.